The number of carbonyl (C=O) groups excluding carboxylic acids is 1. The Bertz CT molecular complexity index is 766. The van der Waals surface area contributed by atoms with Gasteiger partial charge in [-0.25, -0.2) is 0 Å². The molecule has 1 aromatic heterocycles. The number of fused-ring (bicyclic) bond motifs is 1. The SMILES string of the molecule is CC(=O)Nc1ccc(-c2ccncc2)c2ccccc12. The Hall–Kier alpha value is -2.68. The molecule has 0 unspecified atom stereocenters. The highest BCUT2D eigenvalue weighted by Crippen LogP contribution is 2.32. The number of pyridine rings is 1. The lowest BCUT2D eigenvalue weighted by Gasteiger charge is -2.11. The summed E-state index contributed by atoms with van der Waals surface area (Å²) in [6.07, 6.45) is 3.57. The first-order chi connectivity index (χ1) is 9.75. The molecule has 0 saturated carbocycles. The van der Waals surface area contributed by atoms with Crippen molar-refractivity contribution in [2.45, 2.75) is 6.92 Å². The van der Waals surface area contributed by atoms with Crippen molar-refractivity contribution in [3.05, 3.63) is 60.9 Å². The van der Waals surface area contributed by atoms with Gasteiger partial charge in [0.1, 0.15) is 0 Å². The predicted octanol–water partition coefficient (Wildman–Crippen LogP) is 3.86. The molecule has 3 aromatic rings. The van der Waals surface area contributed by atoms with Crippen molar-refractivity contribution in [1.82, 2.24) is 4.98 Å². The summed E-state index contributed by atoms with van der Waals surface area (Å²) in [5.41, 5.74) is 3.09. The molecule has 0 aliphatic heterocycles. The Morgan fingerprint density at radius 2 is 1.65 bits per heavy atom. The van der Waals surface area contributed by atoms with Gasteiger partial charge in [0.2, 0.25) is 5.91 Å². The molecule has 3 nitrogen and oxygen atoms in total. The summed E-state index contributed by atoms with van der Waals surface area (Å²) in [7, 11) is 0. The smallest absolute Gasteiger partial charge is 0.221 e. The van der Waals surface area contributed by atoms with Gasteiger partial charge in [0.15, 0.2) is 0 Å². The van der Waals surface area contributed by atoms with Crippen LogP contribution in [-0.2, 0) is 4.79 Å². The largest absolute Gasteiger partial charge is 0.326 e. The summed E-state index contributed by atoms with van der Waals surface area (Å²) in [5.74, 6) is -0.0631. The van der Waals surface area contributed by atoms with E-state index in [-0.39, 0.29) is 5.91 Å². The maximum atomic E-state index is 11.3. The van der Waals surface area contributed by atoms with Crippen molar-refractivity contribution >= 4 is 22.4 Å². The number of hydrogen-bond acceptors (Lipinski definition) is 2. The quantitative estimate of drug-likeness (QED) is 0.762. The molecular formula is C17H14N2O. The maximum absolute atomic E-state index is 11.3. The van der Waals surface area contributed by atoms with Gasteiger partial charge >= 0.3 is 0 Å². The number of anilines is 1. The molecule has 1 amide bonds. The normalized spacial score (nSPS) is 10.4. The minimum atomic E-state index is -0.0631. The average Bonchev–Trinajstić information content (AvgIpc) is 2.48. The molecule has 0 fully saturated rings. The Kier molecular flexibility index (Phi) is 3.17. The van der Waals surface area contributed by atoms with Crippen molar-refractivity contribution in [3.63, 3.8) is 0 Å². The van der Waals surface area contributed by atoms with E-state index in [0.29, 0.717) is 0 Å². The fourth-order valence-corrected chi connectivity index (χ4v) is 2.38. The summed E-state index contributed by atoms with van der Waals surface area (Å²) in [6, 6.07) is 16.0. The Morgan fingerprint density at radius 3 is 2.35 bits per heavy atom. The van der Waals surface area contributed by atoms with Crippen LogP contribution in [0.15, 0.2) is 60.9 Å². The van der Waals surface area contributed by atoms with E-state index in [4.69, 9.17) is 0 Å². The molecule has 1 N–H and O–H groups in total. The summed E-state index contributed by atoms with van der Waals surface area (Å²) < 4.78 is 0. The highest BCUT2D eigenvalue weighted by Gasteiger charge is 2.08. The number of nitrogens with one attached hydrogen (secondary N) is 1. The van der Waals surface area contributed by atoms with Gasteiger partial charge in [-0.05, 0) is 34.7 Å². The first kappa shape index (κ1) is 12.4. The minimum Gasteiger partial charge on any atom is -0.326 e. The third kappa shape index (κ3) is 2.26. The molecule has 0 aliphatic carbocycles. The molecule has 0 aliphatic rings. The van der Waals surface area contributed by atoms with Crippen LogP contribution in [0.5, 0.6) is 0 Å². The highest BCUT2D eigenvalue weighted by atomic mass is 16.1. The summed E-state index contributed by atoms with van der Waals surface area (Å²) in [6.45, 7) is 1.52. The molecule has 2 aromatic carbocycles. The van der Waals surface area contributed by atoms with Crippen LogP contribution in [0.25, 0.3) is 21.9 Å². The molecule has 20 heavy (non-hydrogen) atoms. The predicted molar refractivity (Wildman–Crippen MR) is 81.5 cm³/mol. The van der Waals surface area contributed by atoms with Crippen molar-refractivity contribution in [1.29, 1.82) is 0 Å². The summed E-state index contributed by atoms with van der Waals surface area (Å²) in [5, 5.41) is 5.03. The fraction of sp³-hybridized carbons (Fsp3) is 0.0588. The van der Waals surface area contributed by atoms with Gasteiger partial charge < -0.3 is 5.32 Å². The van der Waals surface area contributed by atoms with Crippen molar-refractivity contribution < 1.29 is 4.79 Å². The van der Waals surface area contributed by atoms with E-state index >= 15 is 0 Å². The number of carbonyl (C=O) groups is 1. The van der Waals surface area contributed by atoms with Crippen molar-refractivity contribution in [2.24, 2.45) is 0 Å². The highest BCUT2D eigenvalue weighted by molar-refractivity contribution is 6.07. The lowest BCUT2D eigenvalue weighted by molar-refractivity contribution is -0.114. The zero-order valence-corrected chi connectivity index (χ0v) is 11.1. The van der Waals surface area contributed by atoms with E-state index in [1.54, 1.807) is 12.4 Å². The lowest BCUT2D eigenvalue weighted by Crippen LogP contribution is -2.06. The Morgan fingerprint density at radius 1 is 0.950 bits per heavy atom. The van der Waals surface area contributed by atoms with E-state index in [1.807, 2.05) is 42.5 Å². The van der Waals surface area contributed by atoms with Crippen molar-refractivity contribution in [2.75, 3.05) is 5.32 Å². The molecule has 3 heteroatoms. The standard InChI is InChI=1S/C17H14N2O/c1-12(20)19-17-7-6-14(13-8-10-18-11-9-13)15-4-2-3-5-16(15)17/h2-11H,1H3,(H,19,20). The summed E-state index contributed by atoms with van der Waals surface area (Å²) in [4.78, 5) is 15.3. The third-order valence-corrected chi connectivity index (χ3v) is 3.23. The molecule has 1 heterocycles. The number of benzene rings is 2. The van der Waals surface area contributed by atoms with Gasteiger partial charge in [0.05, 0.1) is 0 Å². The lowest BCUT2D eigenvalue weighted by atomic mass is 9.98. The van der Waals surface area contributed by atoms with Crippen LogP contribution in [0.1, 0.15) is 6.92 Å². The molecule has 0 atom stereocenters. The number of hydrogen-bond donors (Lipinski definition) is 1. The van der Waals surface area contributed by atoms with E-state index in [1.165, 1.54) is 6.92 Å². The van der Waals surface area contributed by atoms with Crippen LogP contribution in [0.2, 0.25) is 0 Å². The van der Waals surface area contributed by atoms with Crippen LogP contribution in [0.3, 0.4) is 0 Å². The number of nitrogens with zero attached hydrogens (tertiary/aromatic N) is 1. The maximum Gasteiger partial charge on any atom is 0.221 e. The van der Waals surface area contributed by atoms with Crippen LogP contribution < -0.4 is 5.32 Å². The van der Waals surface area contributed by atoms with Crippen molar-refractivity contribution in [3.8, 4) is 11.1 Å². The molecule has 0 spiro atoms. The number of rotatable bonds is 2. The van der Waals surface area contributed by atoms with Gasteiger partial charge in [0.25, 0.3) is 0 Å². The van der Waals surface area contributed by atoms with Gasteiger partial charge in [-0.3, -0.25) is 9.78 Å². The number of aromatic nitrogens is 1. The first-order valence-electron chi connectivity index (χ1n) is 6.45. The van der Waals surface area contributed by atoms with Crippen LogP contribution in [-0.4, -0.2) is 10.9 Å². The Balaban J connectivity index is 2.24. The van der Waals surface area contributed by atoms with Gasteiger partial charge in [0, 0.05) is 30.4 Å². The topological polar surface area (TPSA) is 42.0 Å². The molecule has 0 radical (unpaired) electrons. The molecular weight excluding hydrogens is 248 g/mol. The van der Waals surface area contributed by atoms with Gasteiger partial charge in [-0.1, -0.05) is 30.3 Å². The first-order valence-corrected chi connectivity index (χ1v) is 6.45. The van der Waals surface area contributed by atoms with E-state index in [0.717, 1.165) is 27.6 Å². The second-order valence-corrected chi connectivity index (χ2v) is 4.62. The molecule has 3 rings (SSSR count). The van der Waals surface area contributed by atoms with Gasteiger partial charge in [-0.2, -0.15) is 0 Å². The number of amides is 1. The average molecular weight is 262 g/mol. The van der Waals surface area contributed by atoms with E-state index < -0.39 is 0 Å². The van der Waals surface area contributed by atoms with Crippen LogP contribution in [0, 0.1) is 0 Å². The van der Waals surface area contributed by atoms with Crippen LogP contribution in [0.4, 0.5) is 5.69 Å². The van der Waals surface area contributed by atoms with Crippen LogP contribution >= 0.6 is 0 Å². The van der Waals surface area contributed by atoms with Gasteiger partial charge in [-0.15, -0.1) is 0 Å². The zero-order valence-electron chi connectivity index (χ0n) is 11.1. The van der Waals surface area contributed by atoms with E-state index in [2.05, 4.69) is 16.4 Å². The molecule has 98 valence electrons. The Labute approximate surface area is 117 Å². The fourth-order valence-electron chi connectivity index (χ4n) is 2.38. The molecule has 0 saturated heterocycles. The monoisotopic (exact) mass is 262 g/mol. The third-order valence-electron chi connectivity index (χ3n) is 3.23. The minimum absolute atomic E-state index is 0.0631. The zero-order chi connectivity index (χ0) is 13.9. The second kappa shape index (κ2) is 5.13. The molecule has 0 bridgehead atoms. The second-order valence-electron chi connectivity index (χ2n) is 4.62. The van der Waals surface area contributed by atoms with E-state index in [9.17, 15) is 4.79 Å². The summed E-state index contributed by atoms with van der Waals surface area (Å²) >= 11 is 0.